The number of ether oxygens (including phenoxy) is 1. The van der Waals surface area contributed by atoms with Crippen LogP contribution < -0.4 is 15.4 Å². The minimum atomic E-state index is -0.305. The van der Waals surface area contributed by atoms with E-state index in [2.05, 4.69) is 16.6 Å². The predicted molar refractivity (Wildman–Crippen MR) is 136 cm³/mol. The van der Waals surface area contributed by atoms with Crippen molar-refractivity contribution in [1.29, 1.82) is 0 Å². The van der Waals surface area contributed by atoms with Crippen LogP contribution in [0.2, 0.25) is 0 Å². The number of nitrogens with zero attached hydrogens (tertiary/aromatic N) is 2. The number of methoxy groups -OCH3 is 1. The molecular formula is C28H26N4O3. The SMILES string of the molecule is C#CCNC(=O)c1ccccc1NCC(=O)N1N=C(c2ccccc2)CC1c1ccc(OC)cc1. The van der Waals surface area contributed by atoms with Gasteiger partial charge in [-0.3, -0.25) is 9.59 Å². The smallest absolute Gasteiger partial charge is 0.262 e. The van der Waals surface area contributed by atoms with Gasteiger partial charge in [-0.05, 0) is 35.4 Å². The average Bonchev–Trinajstić information content (AvgIpc) is 3.37. The maximum atomic E-state index is 13.4. The third kappa shape index (κ3) is 5.50. The summed E-state index contributed by atoms with van der Waals surface area (Å²) in [6, 6.07) is 24.2. The van der Waals surface area contributed by atoms with E-state index in [0.29, 0.717) is 17.7 Å². The maximum absolute atomic E-state index is 13.4. The standard InChI is InChI=1S/C28H26N4O3/c1-3-17-29-28(34)23-11-7-8-12-24(23)30-19-27(33)32-26(21-13-15-22(35-2)16-14-21)18-25(31-32)20-9-5-4-6-10-20/h1,4-16,26,30H,17-19H2,2H3,(H,29,34). The van der Waals surface area contributed by atoms with Gasteiger partial charge in [-0.25, -0.2) is 5.01 Å². The quantitative estimate of drug-likeness (QED) is 0.494. The van der Waals surface area contributed by atoms with Crippen molar-refractivity contribution >= 4 is 23.2 Å². The van der Waals surface area contributed by atoms with Crippen LogP contribution in [0.4, 0.5) is 5.69 Å². The number of terminal acetylenes is 1. The van der Waals surface area contributed by atoms with E-state index in [1.807, 2.05) is 54.6 Å². The molecule has 7 nitrogen and oxygen atoms in total. The van der Waals surface area contributed by atoms with Crippen LogP contribution in [0.25, 0.3) is 0 Å². The molecule has 35 heavy (non-hydrogen) atoms. The average molecular weight is 467 g/mol. The maximum Gasteiger partial charge on any atom is 0.262 e. The highest BCUT2D eigenvalue weighted by molar-refractivity contribution is 6.03. The lowest BCUT2D eigenvalue weighted by atomic mass is 9.98. The zero-order valence-electron chi connectivity index (χ0n) is 19.4. The lowest BCUT2D eigenvalue weighted by Crippen LogP contribution is -2.33. The van der Waals surface area contributed by atoms with E-state index in [0.717, 1.165) is 22.6 Å². The van der Waals surface area contributed by atoms with E-state index in [4.69, 9.17) is 16.3 Å². The molecule has 1 aliphatic rings. The summed E-state index contributed by atoms with van der Waals surface area (Å²) in [7, 11) is 1.62. The van der Waals surface area contributed by atoms with E-state index < -0.39 is 0 Å². The molecule has 1 atom stereocenters. The molecule has 2 amide bonds. The predicted octanol–water partition coefficient (Wildman–Crippen LogP) is 3.85. The van der Waals surface area contributed by atoms with Gasteiger partial charge in [0, 0.05) is 12.1 Å². The number of nitrogens with one attached hydrogen (secondary N) is 2. The highest BCUT2D eigenvalue weighted by Gasteiger charge is 2.33. The molecule has 1 aliphatic heterocycles. The number of rotatable bonds is 8. The molecule has 3 aromatic rings. The second-order valence-corrected chi connectivity index (χ2v) is 7.93. The Morgan fingerprint density at radius 2 is 1.77 bits per heavy atom. The van der Waals surface area contributed by atoms with Crippen molar-refractivity contribution in [2.45, 2.75) is 12.5 Å². The van der Waals surface area contributed by atoms with Crippen LogP contribution in [0.15, 0.2) is 84.0 Å². The second-order valence-electron chi connectivity index (χ2n) is 7.93. The van der Waals surface area contributed by atoms with Crippen molar-refractivity contribution in [1.82, 2.24) is 10.3 Å². The molecule has 0 saturated carbocycles. The van der Waals surface area contributed by atoms with Gasteiger partial charge in [-0.15, -0.1) is 6.42 Å². The molecule has 2 N–H and O–H groups in total. The van der Waals surface area contributed by atoms with E-state index in [1.165, 1.54) is 5.01 Å². The summed E-state index contributed by atoms with van der Waals surface area (Å²) in [4.78, 5) is 25.8. The Hall–Kier alpha value is -4.57. The number of hydrogen-bond acceptors (Lipinski definition) is 5. The Morgan fingerprint density at radius 3 is 2.49 bits per heavy atom. The molecule has 0 spiro atoms. The molecule has 176 valence electrons. The molecule has 1 heterocycles. The lowest BCUT2D eigenvalue weighted by molar-refractivity contribution is -0.131. The summed E-state index contributed by atoms with van der Waals surface area (Å²) in [6.07, 6.45) is 5.83. The van der Waals surface area contributed by atoms with Crippen LogP contribution in [-0.4, -0.2) is 42.7 Å². The normalized spacial score (nSPS) is 14.6. The summed E-state index contributed by atoms with van der Waals surface area (Å²) in [5.41, 5.74) is 3.74. The van der Waals surface area contributed by atoms with Gasteiger partial charge in [-0.2, -0.15) is 5.10 Å². The molecule has 3 aromatic carbocycles. The molecule has 1 unspecified atom stereocenters. The van der Waals surface area contributed by atoms with E-state index in [1.54, 1.807) is 31.4 Å². The molecule has 4 rings (SSSR count). The van der Waals surface area contributed by atoms with Crippen LogP contribution in [0.3, 0.4) is 0 Å². The number of benzene rings is 3. The summed E-state index contributed by atoms with van der Waals surface area (Å²) >= 11 is 0. The van der Waals surface area contributed by atoms with Crippen LogP contribution in [0.1, 0.15) is 33.9 Å². The van der Waals surface area contributed by atoms with Crippen LogP contribution in [-0.2, 0) is 4.79 Å². The Kier molecular flexibility index (Phi) is 7.44. The largest absolute Gasteiger partial charge is 0.497 e. The Bertz CT molecular complexity index is 1260. The number of anilines is 1. The first-order valence-corrected chi connectivity index (χ1v) is 11.2. The van der Waals surface area contributed by atoms with Crippen molar-refractivity contribution in [2.24, 2.45) is 5.10 Å². The first kappa shape index (κ1) is 23.6. The molecular weight excluding hydrogens is 440 g/mol. The number of carbonyl (C=O) groups is 2. The molecule has 0 bridgehead atoms. The van der Waals surface area contributed by atoms with Gasteiger partial charge in [0.25, 0.3) is 11.8 Å². The molecule has 7 heteroatoms. The first-order valence-electron chi connectivity index (χ1n) is 11.2. The zero-order chi connectivity index (χ0) is 24.6. The van der Waals surface area contributed by atoms with Gasteiger partial charge in [0.05, 0.1) is 37.5 Å². The number of hydrogen-bond donors (Lipinski definition) is 2. The fourth-order valence-electron chi connectivity index (χ4n) is 3.94. The van der Waals surface area contributed by atoms with Crippen molar-refractivity contribution < 1.29 is 14.3 Å². The van der Waals surface area contributed by atoms with E-state index >= 15 is 0 Å². The fraction of sp³-hybridized carbons (Fsp3) is 0.179. The van der Waals surface area contributed by atoms with Crippen LogP contribution in [0.5, 0.6) is 5.75 Å². The summed E-state index contributed by atoms with van der Waals surface area (Å²) in [5, 5.41) is 12.0. The van der Waals surface area contributed by atoms with Crippen LogP contribution in [0, 0.1) is 12.3 Å². The minimum Gasteiger partial charge on any atom is -0.497 e. The van der Waals surface area contributed by atoms with Gasteiger partial charge in [0.1, 0.15) is 5.75 Å². The van der Waals surface area contributed by atoms with Crippen LogP contribution >= 0.6 is 0 Å². The topological polar surface area (TPSA) is 83.0 Å². The van der Waals surface area contributed by atoms with Crippen molar-refractivity contribution in [3.8, 4) is 18.1 Å². The molecule has 0 aliphatic carbocycles. The molecule has 0 radical (unpaired) electrons. The number of amides is 2. The number of hydrazone groups is 1. The van der Waals surface area contributed by atoms with Gasteiger partial charge < -0.3 is 15.4 Å². The Balaban J connectivity index is 1.55. The summed E-state index contributed by atoms with van der Waals surface area (Å²) in [5.74, 6) is 2.61. The second kappa shape index (κ2) is 11.0. The highest BCUT2D eigenvalue weighted by Crippen LogP contribution is 2.33. The molecule has 0 aromatic heterocycles. The van der Waals surface area contributed by atoms with Gasteiger partial charge in [-0.1, -0.05) is 60.5 Å². The number of carbonyl (C=O) groups excluding carboxylic acids is 2. The molecule has 0 saturated heterocycles. The van der Waals surface area contributed by atoms with Gasteiger partial charge in [0.2, 0.25) is 0 Å². The fourth-order valence-corrected chi connectivity index (χ4v) is 3.94. The minimum absolute atomic E-state index is 0.0301. The van der Waals surface area contributed by atoms with E-state index in [9.17, 15) is 9.59 Å². The van der Waals surface area contributed by atoms with Crippen molar-refractivity contribution in [2.75, 3.05) is 25.5 Å². The Labute approximate surface area is 204 Å². The lowest BCUT2D eigenvalue weighted by Gasteiger charge is -2.23. The Morgan fingerprint density at radius 1 is 1.06 bits per heavy atom. The number of para-hydroxylation sites is 1. The first-order chi connectivity index (χ1) is 17.1. The van der Waals surface area contributed by atoms with Gasteiger partial charge >= 0.3 is 0 Å². The summed E-state index contributed by atoms with van der Waals surface area (Å²) in [6.45, 7) is 0.0953. The van der Waals surface area contributed by atoms with E-state index in [-0.39, 0.29) is 30.9 Å². The third-order valence-electron chi connectivity index (χ3n) is 5.73. The van der Waals surface area contributed by atoms with Crippen molar-refractivity contribution in [3.63, 3.8) is 0 Å². The highest BCUT2D eigenvalue weighted by atomic mass is 16.5. The third-order valence-corrected chi connectivity index (χ3v) is 5.73. The van der Waals surface area contributed by atoms with Crippen molar-refractivity contribution in [3.05, 3.63) is 95.6 Å². The van der Waals surface area contributed by atoms with Gasteiger partial charge in [0.15, 0.2) is 0 Å². The molecule has 0 fully saturated rings. The summed E-state index contributed by atoms with van der Waals surface area (Å²) < 4.78 is 5.28. The zero-order valence-corrected chi connectivity index (χ0v) is 19.4. The monoisotopic (exact) mass is 466 g/mol.